The number of fused-ring (bicyclic) bond motifs is 1. The van der Waals surface area contributed by atoms with Crippen molar-refractivity contribution in [2.24, 2.45) is 0 Å². The summed E-state index contributed by atoms with van der Waals surface area (Å²) in [5.41, 5.74) is 2.16. The highest BCUT2D eigenvalue weighted by Gasteiger charge is 2.50. The lowest BCUT2D eigenvalue weighted by molar-refractivity contribution is -0.134. The van der Waals surface area contributed by atoms with Crippen LogP contribution in [0.15, 0.2) is 24.4 Å². The Balaban J connectivity index is 1.75. The van der Waals surface area contributed by atoms with Gasteiger partial charge in [-0.3, -0.25) is 9.59 Å². The second kappa shape index (κ2) is 6.22. The van der Waals surface area contributed by atoms with Crippen molar-refractivity contribution in [3.8, 4) is 0 Å². The summed E-state index contributed by atoms with van der Waals surface area (Å²) in [7, 11) is 0. The van der Waals surface area contributed by atoms with E-state index in [9.17, 15) is 14.0 Å². The molecule has 0 spiro atoms. The lowest BCUT2D eigenvalue weighted by Crippen LogP contribution is -2.60. The predicted molar refractivity (Wildman–Crippen MR) is 97.0 cm³/mol. The Morgan fingerprint density at radius 3 is 2.69 bits per heavy atom. The molecule has 1 N–H and O–H groups in total. The van der Waals surface area contributed by atoms with E-state index in [4.69, 9.17) is 0 Å². The second-order valence-corrected chi connectivity index (χ2v) is 7.84. The molecule has 3 aliphatic rings. The Morgan fingerprint density at radius 2 is 2.04 bits per heavy atom. The third kappa shape index (κ3) is 2.48. The highest BCUT2D eigenvalue weighted by atomic mass is 19.1. The van der Waals surface area contributed by atoms with Crippen molar-refractivity contribution < 1.29 is 14.0 Å². The molecule has 2 amide bonds. The molecule has 0 bridgehead atoms. The van der Waals surface area contributed by atoms with E-state index >= 15 is 0 Å². The van der Waals surface area contributed by atoms with Crippen LogP contribution in [0.25, 0.3) is 0 Å². The minimum Gasteiger partial charge on any atom is -0.328 e. The summed E-state index contributed by atoms with van der Waals surface area (Å²) >= 11 is 0. The standard InChI is InChI=1S/C21H25FN2O2/c1-3-21(9-8-13(2)23-20(21)26)24-12-18-16(14-6-4-5-7-14)10-15(22)11-17(18)19(24)25/h10-11,14H,2-9,12H2,1H3,(H,23,26). The topological polar surface area (TPSA) is 49.4 Å². The molecule has 26 heavy (non-hydrogen) atoms. The average molecular weight is 356 g/mol. The number of carbonyl (C=O) groups is 2. The fraction of sp³-hybridized carbons (Fsp3) is 0.524. The van der Waals surface area contributed by atoms with Crippen LogP contribution < -0.4 is 5.32 Å². The molecule has 1 aliphatic carbocycles. The first-order valence-electron chi connectivity index (χ1n) is 9.60. The van der Waals surface area contributed by atoms with E-state index in [1.54, 1.807) is 11.0 Å². The number of allylic oxidation sites excluding steroid dienone is 1. The largest absolute Gasteiger partial charge is 0.328 e. The molecule has 2 fully saturated rings. The maximum absolute atomic E-state index is 14.3. The summed E-state index contributed by atoms with van der Waals surface area (Å²) < 4.78 is 14.3. The van der Waals surface area contributed by atoms with Crippen LogP contribution in [0, 0.1) is 5.82 Å². The molecular formula is C21H25FN2O2. The van der Waals surface area contributed by atoms with E-state index in [0.29, 0.717) is 43.0 Å². The van der Waals surface area contributed by atoms with Crippen LogP contribution in [0.3, 0.4) is 0 Å². The van der Waals surface area contributed by atoms with E-state index in [2.05, 4.69) is 11.9 Å². The van der Waals surface area contributed by atoms with E-state index < -0.39 is 5.54 Å². The van der Waals surface area contributed by atoms with Crippen LogP contribution in [0.1, 0.15) is 79.3 Å². The number of carbonyl (C=O) groups excluding carboxylic acids is 2. The van der Waals surface area contributed by atoms with Gasteiger partial charge in [-0.05, 0) is 61.3 Å². The van der Waals surface area contributed by atoms with Gasteiger partial charge < -0.3 is 10.2 Å². The molecule has 0 radical (unpaired) electrons. The van der Waals surface area contributed by atoms with Crippen molar-refractivity contribution >= 4 is 11.8 Å². The van der Waals surface area contributed by atoms with Gasteiger partial charge in [-0.1, -0.05) is 26.3 Å². The Bertz CT molecular complexity index is 797. The molecule has 1 saturated carbocycles. The summed E-state index contributed by atoms with van der Waals surface area (Å²) in [6.07, 6.45) is 6.15. The van der Waals surface area contributed by atoms with Crippen LogP contribution in [-0.2, 0) is 11.3 Å². The van der Waals surface area contributed by atoms with Gasteiger partial charge in [0.25, 0.3) is 5.91 Å². The van der Waals surface area contributed by atoms with Gasteiger partial charge in [0.1, 0.15) is 11.4 Å². The number of benzene rings is 1. The van der Waals surface area contributed by atoms with Crippen molar-refractivity contribution in [2.75, 3.05) is 0 Å². The van der Waals surface area contributed by atoms with Gasteiger partial charge in [-0.2, -0.15) is 0 Å². The molecule has 1 aromatic carbocycles. The first-order valence-corrected chi connectivity index (χ1v) is 9.60. The number of rotatable bonds is 3. The maximum atomic E-state index is 14.3. The SMILES string of the molecule is C=C1CCC(CC)(N2Cc3c(cc(F)cc3C3CCCC3)C2=O)C(=O)N1. The minimum absolute atomic E-state index is 0.166. The van der Waals surface area contributed by atoms with Crippen molar-refractivity contribution in [3.05, 3.63) is 46.9 Å². The van der Waals surface area contributed by atoms with Crippen molar-refractivity contribution in [1.29, 1.82) is 0 Å². The third-order valence-corrected chi connectivity index (χ3v) is 6.49. The van der Waals surface area contributed by atoms with E-state index in [1.165, 1.54) is 6.07 Å². The fourth-order valence-corrected chi connectivity index (χ4v) is 4.94. The Kier molecular flexibility index (Phi) is 4.13. The molecule has 2 aliphatic heterocycles. The Hall–Kier alpha value is -2.17. The molecular weight excluding hydrogens is 331 g/mol. The van der Waals surface area contributed by atoms with Gasteiger partial charge >= 0.3 is 0 Å². The van der Waals surface area contributed by atoms with Gasteiger partial charge in [0.2, 0.25) is 5.91 Å². The molecule has 138 valence electrons. The normalized spacial score (nSPS) is 26.4. The maximum Gasteiger partial charge on any atom is 0.255 e. The van der Waals surface area contributed by atoms with Crippen molar-refractivity contribution in [2.45, 2.75) is 69.9 Å². The highest BCUT2D eigenvalue weighted by Crippen LogP contribution is 2.43. The molecule has 0 aromatic heterocycles. The number of nitrogens with zero attached hydrogens (tertiary/aromatic N) is 1. The summed E-state index contributed by atoms with van der Waals surface area (Å²) in [5.74, 6) is -0.416. The molecule has 1 aromatic rings. The molecule has 1 saturated heterocycles. The summed E-state index contributed by atoms with van der Waals surface area (Å²) in [6.45, 7) is 6.17. The molecule has 5 heteroatoms. The lowest BCUT2D eigenvalue weighted by Gasteiger charge is -2.43. The van der Waals surface area contributed by atoms with Crippen LogP contribution in [0.5, 0.6) is 0 Å². The van der Waals surface area contributed by atoms with E-state index in [-0.39, 0.29) is 17.6 Å². The molecule has 1 unspecified atom stereocenters. The number of amides is 2. The van der Waals surface area contributed by atoms with Crippen LogP contribution in [0.4, 0.5) is 4.39 Å². The Morgan fingerprint density at radius 1 is 1.31 bits per heavy atom. The number of hydrogen-bond acceptors (Lipinski definition) is 2. The number of halogens is 1. The average Bonchev–Trinajstić information content (AvgIpc) is 3.25. The monoisotopic (exact) mass is 356 g/mol. The lowest BCUT2D eigenvalue weighted by atomic mass is 9.83. The first kappa shape index (κ1) is 17.3. The van der Waals surface area contributed by atoms with E-state index in [1.807, 2.05) is 6.92 Å². The van der Waals surface area contributed by atoms with Crippen molar-refractivity contribution in [1.82, 2.24) is 10.2 Å². The van der Waals surface area contributed by atoms with E-state index in [0.717, 1.165) is 36.8 Å². The van der Waals surface area contributed by atoms with Gasteiger partial charge in [0, 0.05) is 17.8 Å². The molecule has 1 atom stereocenters. The summed E-state index contributed by atoms with van der Waals surface area (Å²) in [4.78, 5) is 27.7. The zero-order chi connectivity index (χ0) is 18.5. The molecule has 4 rings (SSSR count). The summed E-state index contributed by atoms with van der Waals surface area (Å²) in [5, 5.41) is 2.83. The zero-order valence-corrected chi connectivity index (χ0v) is 15.2. The predicted octanol–water partition coefficient (Wildman–Crippen LogP) is 4.01. The van der Waals surface area contributed by atoms with Gasteiger partial charge in [-0.25, -0.2) is 4.39 Å². The van der Waals surface area contributed by atoms with Crippen molar-refractivity contribution in [3.63, 3.8) is 0 Å². The van der Waals surface area contributed by atoms with Crippen LogP contribution >= 0.6 is 0 Å². The van der Waals surface area contributed by atoms with Gasteiger partial charge in [0.05, 0.1) is 0 Å². The second-order valence-electron chi connectivity index (χ2n) is 7.84. The van der Waals surface area contributed by atoms with Crippen LogP contribution in [-0.4, -0.2) is 22.3 Å². The Labute approximate surface area is 153 Å². The minimum atomic E-state index is -0.874. The van der Waals surface area contributed by atoms with Crippen LogP contribution in [0.2, 0.25) is 0 Å². The smallest absolute Gasteiger partial charge is 0.255 e. The molecule has 2 heterocycles. The zero-order valence-electron chi connectivity index (χ0n) is 15.2. The number of hydrogen-bond donors (Lipinski definition) is 1. The van der Waals surface area contributed by atoms with Gasteiger partial charge in [-0.15, -0.1) is 0 Å². The third-order valence-electron chi connectivity index (χ3n) is 6.49. The summed E-state index contributed by atoms with van der Waals surface area (Å²) in [6, 6.07) is 2.95. The molecule has 4 nitrogen and oxygen atoms in total. The number of piperidine rings is 1. The number of nitrogens with one attached hydrogen (secondary N) is 1. The first-order chi connectivity index (χ1) is 12.5. The van der Waals surface area contributed by atoms with Gasteiger partial charge in [0.15, 0.2) is 0 Å². The quantitative estimate of drug-likeness (QED) is 0.889. The fourth-order valence-electron chi connectivity index (χ4n) is 4.94. The highest BCUT2D eigenvalue weighted by molar-refractivity contribution is 6.03.